The summed E-state index contributed by atoms with van der Waals surface area (Å²) in [6, 6.07) is 7.66. The second kappa shape index (κ2) is 5.40. The monoisotopic (exact) mass is 243 g/mol. The summed E-state index contributed by atoms with van der Waals surface area (Å²) in [6.45, 7) is 5.30. The van der Waals surface area contributed by atoms with E-state index in [4.69, 9.17) is 0 Å². The van der Waals surface area contributed by atoms with Gasteiger partial charge >= 0.3 is 0 Å². The maximum absolute atomic E-state index is 12.1. The second-order valence-electron chi connectivity index (χ2n) is 3.92. The van der Waals surface area contributed by atoms with Crippen LogP contribution in [-0.2, 0) is 0 Å². The molecule has 0 bridgehead atoms. The first-order valence-corrected chi connectivity index (χ1v) is 5.63. The summed E-state index contributed by atoms with van der Waals surface area (Å²) in [5, 5.41) is 8.09. The Morgan fingerprint density at radius 1 is 1.39 bits per heavy atom. The number of nitrogens with zero attached hydrogens (tertiary/aromatic N) is 3. The molecule has 0 aliphatic carbocycles. The Bertz CT molecular complexity index is 623. The fourth-order valence-corrected chi connectivity index (χ4v) is 1.57. The quantitative estimate of drug-likeness (QED) is 0.771. The zero-order valence-electron chi connectivity index (χ0n) is 10.2. The molecule has 1 heterocycles. The van der Waals surface area contributed by atoms with Crippen LogP contribution in [0.1, 0.15) is 6.92 Å². The maximum Gasteiger partial charge on any atom is 0.113 e. The summed E-state index contributed by atoms with van der Waals surface area (Å²) in [7, 11) is 0. The summed E-state index contributed by atoms with van der Waals surface area (Å²) in [5.74, 6) is 0. The Hall–Kier alpha value is -2.23. The summed E-state index contributed by atoms with van der Waals surface area (Å²) in [4.78, 5) is 0. The van der Waals surface area contributed by atoms with Gasteiger partial charge in [0, 0.05) is 0 Å². The first-order valence-electron chi connectivity index (χ1n) is 5.63. The van der Waals surface area contributed by atoms with Crippen molar-refractivity contribution in [1.29, 1.82) is 0 Å². The highest BCUT2D eigenvalue weighted by Crippen LogP contribution is 2.14. The molecule has 2 aromatic rings. The zero-order valence-corrected chi connectivity index (χ0v) is 10.2. The lowest BCUT2D eigenvalue weighted by atomic mass is 10.2. The molecule has 0 N–H and O–H groups in total. The zero-order chi connectivity index (χ0) is 13.0. The lowest BCUT2D eigenvalue weighted by Crippen LogP contribution is -1.95. The molecule has 0 aliphatic heterocycles. The molecule has 18 heavy (non-hydrogen) atoms. The van der Waals surface area contributed by atoms with Gasteiger partial charge in [-0.1, -0.05) is 41.7 Å². The van der Waals surface area contributed by atoms with Gasteiger partial charge in [0.15, 0.2) is 0 Å². The number of halogens is 1. The van der Waals surface area contributed by atoms with Crippen LogP contribution in [-0.4, -0.2) is 21.7 Å². The van der Waals surface area contributed by atoms with Crippen LogP contribution in [0.3, 0.4) is 0 Å². The molecule has 0 saturated heterocycles. The average molecular weight is 243 g/mol. The first kappa shape index (κ1) is 12.2. The van der Waals surface area contributed by atoms with Crippen molar-refractivity contribution in [3.63, 3.8) is 0 Å². The van der Waals surface area contributed by atoms with E-state index in [9.17, 15) is 4.39 Å². The topological polar surface area (TPSA) is 30.7 Å². The lowest BCUT2D eigenvalue weighted by molar-refractivity contribution is 0.560. The molecular weight excluding hydrogens is 229 g/mol. The van der Waals surface area contributed by atoms with E-state index < -0.39 is 6.67 Å². The molecule has 0 saturated carbocycles. The third kappa shape index (κ3) is 2.53. The largest absolute Gasteiger partial charge is 0.247 e. The molecule has 92 valence electrons. The number of hydrogen-bond donors (Lipinski definition) is 0. The molecule has 2 rings (SSSR count). The van der Waals surface area contributed by atoms with Crippen molar-refractivity contribution in [2.45, 2.75) is 6.92 Å². The highest BCUT2D eigenvalue weighted by molar-refractivity contribution is 5.78. The number of hydrogen-bond acceptors (Lipinski definition) is 2. The smallest absolute Gasteiger partial charge is 0.113 e. The van der Waals surface area contributed by atoms with Gasteiger partial charge in [-0.3, -0.25) is 0 Å². The number of allylic oxidation sites excluding steroid dienone is 5. The minimum atomic E-state index is -0.463. The Balaban J connectivity index is 2.27. The number of para-hydroxylation sites is 1. The molecular formula is C14H14FN3. The van der Waals surface area contributed by atoms with Crippen molar-refractivity contribution < 1.29 is 4.39 Å². The summed E-state index contributed by atoms with van der Waals surface area (Å²) in [6.07, 6.45) is 5.10. The van der Waals surface area contributed by atoms with Crippen LogP contribution in [0.25, 0.3) is 16.7 Å². The minimum absolute atomic E-state index is 0.463. The number of alkyl halides is 1. The van der Waals surface area contributed by atoms with Crippen LogP contribution in [0.5, 0.6) is 0 Å². The van der Waals surface area contributed by atoms with E-state index in [0.717, 1.165) is 16.6 Å². The molecule has 0 fully saturated rings. The first-order chi connectivity index (χ1) is 8.72. The van der Waals surface area contributed by atoms with Crippen molar-refractivity contribution in [2.75, 3.05) is 6.67 Å². The van der Waals surface area contributed by atoms with Crippen LogP contribution in [0, 0.1) is 0 Å². The SMILES string of the molecule is C=C(/C=C\C(C)=C/CF)n1nnc2ccccc21. The van der Waals surface area contributed by atoms with Gasteiger partial charge in [0.25, 0.3) is 0 Å². The Morgan fingerprint density at radius 3 is 2.94 bits per heavy atom. The molecule has 0 atom stereocenters. The third-order valence-corrected chi connectivity index (χ3v) is 2.56. The molecule has 1 aromatic heterocycles. The highest BCUT2D eigenvalue weighted by atomic mass is 19.1. The average Bonchev–Trinajstić information content (AvgIpc) is 2.80. The van der Waals surface area contributed by atoms with Gasteiger partial charge in [-0.25, -0.2) is 9.07 Å². The number of fused-ring (bicyclic) bond motifs is 1. The number of aromatic nitrogens is 3. The van der Waals surface area contributed by atoms with Gasteiger partial charge in [-0.2, -0.15) is 0 Å². The van der Waals surface area contributed by atoms with Crippen molar-refractivity contribution in [2.24, 2.45) is 0 Å². The van der Waals surface area contributed by atoms with Gasteiger partial charge < -0.3 is 0 Å². The predicted octanol–water partition coefficient (Wildman–Crippen LogP) is 3.37. The fourth-order valence-electron chi connectivity index (χ4n) is 1.57. The normalized spacial score (nSPS) is 12.4. The van der Waals surface area contributed by atoms with E-state index >= 15 is 0 Å². The number of rotatable bonds is 4. The molecule has 0 spiro atoms. The van der Waals surface area contributed by atoms with Gasteiger partial charge in [0.05, 0.1) is 11.2 Å². The molecule has 0 unspecified atom stereocenters. The van der Waals surface area contributed by atoms with Gasteiger partial charge in [0.2, 0.25) is 0 Å². The summed E-state index contributed by atoms with van der Waals surface area (Å²) >= 11 is 0. The Morgan fingerprint density at radius 2 is 2.17 bits per heavy atom. The van der Waals surface area contributed by atoms with Gasteiger partial charge in [-0.05, 0) is 25.1 Å². The highest BCUT2D eigenvalue weighted by Gasteiger charge is 2.03. The molecule has 4 heteroatoms. The maximum atomic E-state index is 12.1. The minimum Gasteiger partial charge on any atom is -0.247 e. The predicted molar refractivity (Wildman–Crippen MR) is 71.7 cm³/mol. The Labute approximate surface area is 105 Å². The standard InChI is InChI=1S/C14H14FN3/c1-11(9-10-15)7-8-12(2)18-14-6-4-3-5-13(14)16-17-18/h3-9H,2,10H2,1H3/b8-7-,11-9-. The van der Waals surface area contributed by atoms with E-state index in [1.165, 1.54) is 6.08 Å². The van der Waals surface area contributed by atoms with Crippen LogP contribution in [0.4, 0.5) is 4.39 Å². The van der Waals surface area contributed by atoms with E-state index in [1.807, 2.05) is 31.2 Å². The van der Waals surface area contributed by atoms with E-state index in [0.29, 0.717) is 5.70 Å². The van der Waals surface area contributed by atoms with Crippen LogP contribution in [0.2, 0.25) is 0 Å². The van der Waals surface area contributed by atoms with E-state index in [1.54, 1.807) is 16.8 Å². The van der Waals surface area contributed by atoms with Crippen LogP contribution in [0.15, 0.2) is 54.6 Å². The van der Waals surface area contributed by atoms with Gasteiger partial charge in [0.1, 0.15) is 12.2 Å². The van der Waals surface area contributed by atoms with Gasteiger partial charge in [-0.15, -0.1) is 5.10 Å². The number of benzene rings is 1. The van der Waals surface area contributed by atoms with Crippen molar-refractivity contribution in [3.8, 4) is 0 Å². The van der Waals surface area contributed by atoms with E-state index in [2.05, 4.69) is 16.9 Å². The van der Waals surface area contributed by atoms with E-state index in [-0.39, 0.29) is 0 Å². The van der Waals surface area contributed by atoms with Crippen LogP contribution >= 0.6 is 0 Å². The molecule has 0 aliphatic rings. The van der Waals surface area contributed by atoms with Crippen LogP contribution < -0.4 is 0 Å². The van der Waals surface area contributed by atoms with Crippen molar-refractivity contribution in [3.05, 3.63) is 54.6 Å². The summed E-state index contributed by atoms with van der Waals surface area (Å²) in [5.41, 5.74) is 3.26. The molecule has 1 aromatic carbocycles. The lowest BCUT2D eigenvalue weighted by Gasteiger charge is -2.00. The third-order valence-electron chi connectivity index (χ3n) is 2.56. The fraction of sp³-hybridized carbons (Fsp3) is 0.143. The van der Waals surface area contributed by atoms with Crippen molar-refractivity contribution in [1.82, 2.24) is 15.0 Å². The Kier molecular flexibility index (Phi) is 3.67. The van der Waals surface area contributed by atoms with Crippen molar-refractivity contribution >= 4 is 16.7 Å². The molecule has 0 radical (unpaired) electrons. The second-order valence-corrected chi connectivity index (χ2v) is 3.92. The summed E-state index contributed by atoms with van der Waals surface area (Å²) < 4.78 is 13.8. The molecule has 0 amide bonds. The molecule has 3 nitrogen and oxygen atoms in total.